The second-order valence-corrected chi connectivity index (χ2v) is 4.55. The van der Waals surface area contributed by atoms with Gasteiger partial charge >= 0.3 is 0 Å². The van der Waals surface area contributed by atoms with Crippen LogP contribution in [0, 0.1) is 12.7 Å². The van der Waals surface area contributed by atoms with Gasteiger partial charge in [0.2, 0.25) is 0 Å². The van der Waals surface area contributed by atoms with Gasteiger partial charge in [-0.1, -0.05) is 19.9 Å². The number of halogens is 1. The highest BCUT2D eigenvalue weighted by Gasteiger charge is 2.05. The molecular formula is C14H15FOS. The summed E-state index contributed by atoms with van der Waals surface area (Å²) in [6.07, 6.45) is 0.527. The second-order valence-electron chi connectivity index (χ2n) is 3.26. The summed E-state index contributed by atoms with van der Waals surface area (Å²) in [5.74, 6) is -0.464. The summed E-state index contributed by atoms with van der Waals surface area (Å²) < 4.78 is 13.3. The van der Waals surface area contributed by atoms with Gasteiger partial charge in [0.1, 0.15) is 5.82 Å². The largest absolute Gasteiger partial charge is 0.298 e. The Balaban J connectivity index is 0.000000686. The van der Waals surface area contributed by atoms with Crippen molar-refractivity contribution in [2.75, 3.05) is 0 Å². The number of rotatable bonds is 2. The molecule has 0 aliphatic rings. The van der Waals surface area contributed by atoms with Crippen LogP contribution in [0.4, 0.5) is 4.39 Å². The summed E-state index contributed by atoms with van der Waals surface area (Å²) in [6.45, 7) is 6.00. The highest BCUT2D eigenvalue weighted by atomic mass is 32.1. The standard InChI is InChI=1S/C12H9FOS.C2H6/c1-8-2-5-12(15-8)9-3-4-10(7-14)11(13)6-9;1-2/h2-7H,1H3;1-2H3. The predicted octanol–water partition coefficient (Wildman–Crippen LogP) is 4.70. The molecule has 0 aliphatic carbocycles. The van der Waals surface area contributed by atoms with E-state index < -0.39 is 5.82 Å². The molecule has 0 atom stereocenters. The predicted molar refractivity (Wildman–Crippen MR) is 71.2 cm³/mol. The molecule has 1 aromatic carbocycles. The van der Waals surface area contributed by atoms with Crippen LogP contribution in [0.2, 0.25) is 0 Å². The number of thiophene rings is 1. The molecule has 0 N–H and O–H groups in total. The first-order valence-electron chi connectivity index (χ1n) is 5.52. The first-order chi connectivity index (χ1) is 8.20. The first-order valence-corrected chi connectivity index (χ1v) is 6.34. The molecule has 1 heterocycles. The molecule has 3 heteroatoms. The molecule has 1 nitrogen and oxygen atoms in total. The Kier molecular flexibility index (Phi) is 5.04. The van der Waals surface area contributed by atoms with Gasteiger partial charge in [0.25, 0.3) is 0 Å². The number of carbonyl (C=O) groups excluding carboxylic acids is 1. The van der Waals surface area contributed by atoms with Crippen LogP contribution >= 0.6 is 11.3 Å². The summed E-state index contributed by atoms with van der Waals surface area (Å²) in [4.78, 5) is 12.6. The van der Waals surface area contributed by atoms with Crippen LogP contribution < -0.4 is 0 Å². The Morgan fingerprint density at radius 1 is 1.18 bits per heavy atom. The van der Waals surface area contributed by atoms with Crippen molar-refractivity contribution in [1.82, 2.24) is 0 Å². The van der Waals surface area contributed by atoms with Gasteiger partial charge < -0.3 is 0 Å². The van der Waals surface area contributed by atoms with Crippen LogP contribution in [0.1, 0.15) is 29.1 Å². The van der Waals surface area contributed by atoms with Crippen molar-refractivity contribution in [3.05, 3.63) is 46.6 Å². The number of hydrogen-bond acceptors (Lipinski definition) is 2. The Bertz CT molecular complexity index is 503. The smallest absolute Gasteiger partial charge is 0.152 e. The van der Waals surface area contributed by atoms with E-state index in [1.165, 1.54) is 17.0 Å². The van der Waals surface area contributed by atoms with Crippen molar-refractivity contribution < 1.29 is 9.18 Å². The minimum absolute atomic E-state index is 0.104. The topological polar surface area (TPSA) is 17.1 Å². The third kappa shape index (κ3) is 3.24. The average molecular weight is 250 g/mol. The number of carbonyl (C=O) groups is 1. The van der Waals surface area contributed by atoms with Crippen molar-refractivity contribution in [2.24, 2.45) is 0 Å². The maximum atomic E-state index is 13.3. The summed E-state index contributed by atoms with van der Waals surface area (Å²) >= 11 is 1.61. The molecular weight excluding hydrogens is 235 g/mol. The lowest BCUT2D eigenvalue weighted by Crippen LogP contribution is -1.87. The van der Waals surface area contributed by atoms with E-state index in [1.54, 1.807) is 17.4 Å². The van der Waals surface area contributed by atoms with E-state index >= 15 is 0 Å². The minimum Gasteiger partial charge on any atom is -0.298 e. The molecule has 17 heavy (non-hydrogen) atoms. The zero-order chi connectivity index (χ0) is 12.8. The molecule has 0 radical (unpaired) electrons. The number of benzene rings is 1. The van der Waals surface area contributed by atoms with E-state index in [0.717, 1.165) is 10.4 Å². The highest BCUT2D eigenvalue weighted by Crippen LogP contribution is 2.28. The Hall–Kier alpha value is -1.48. The van der Waals surface area contributed by atoms with Gasteiger partial charge in [0, 0.05) is 9.75 Å². The van der Waals surface area contributed by atoms with Crippen molar-refractivity contribution in [3.8, 4) is 10.4 Å². The van der Waals surface area contributed by atoms with Crippen molar-refractivity contribution >= 4 is 17.6 Å². The van der Waals surface area contributed by atoms with Crippen LogP contribution in [-0.4, -0.2) is 6.29 Å². The van der Waals surface area contributed by atoms with Crippen LogP contribution in [0.15, 0.2) is 30.3 Å². The van der Waals surface area contributed by atoms with Crippen molar-refractivity contribution in [3.63, 3.8) is 0 Å². The lowest BCUT2D eigenvalue weighted by Gasteiger charge is -1.99. The number of hydrogen-bond donors (Lipinski definition) is 0. The molecule has 0 spiro atoms. The molecule has 0 fully saturated rings. The molecule has 0 unspecified atom stereocenters. The molecule has 0 bridgehead atoms. The lowest BCUT2D eigenvalue weighted by atomic mass is 10.1. The van der Waals surface area contributed by atoms with Gasteiger partial charge in [-0.25, -0.2) is 4.39 Å². The van der Waals surface area contributed by atoms with Gasteiger partial charge in [-0.05, 0) is 36.8 Å². The van der Waals surface area contributed by atoms with Gasteiger partial charge in [-0.15, -0.1) is 11.3 Å². The molecule has 1 aromatic heterocycles. The van der Waals surface area contributed by atoms with Gasteiger partial charge in [-0.2, -0.15) is 0 Å². The fraction of sp³-hybridized carbons (Fsp3) is 0.214. The average Bonchev–Trinajstić information content (AvgIpc) is 2.78. The SMILES string of the molecule is CC.Cc1ccc(-c2ccc(C=O)c(F)c2)s1. The molecule has 90 valence electrons. The van der Waals surface area contributed by atoms with E-state index in [-0.39, 0.29) is 5.56 Å². The van der Waals surface area contributed by atoms with E-state index in [0.29, 0.717) is 6.29 Å². The Labute approximate surface area is 105 Å². The molecule has 0 saturated carbocycles. The fourth-order valence-corrected chi connectivity index (χ4v) is 2.23. The van der Waals surface area contributed by atoms with E-state index in [1.807, 2.05) is 32.9 Å². The monoisotopic (exact) mass is 250 g/mol. The highest BCUT2D eigenvalue weighted by molar-refractivity contribution is 7.15. The lowest BCUT2D eigenvalue weighted by molar-refractivity contribution is 0.112. The maximum Gasteiger partial charge on any atom is 0.152 e. The Morgan fingerprint density at radius 2 is 1.88 bits per heavy atom. The third-order valence-corrected chi connectivity index (χ3v) is 3.20. The summed E-state index contributed by atoms with van der Waals surface area (Å²) in [7, 11) is 0. The van der Waals surface area contributed by atoms with E-state index in [2.05, 4.69) is 0 Å². The summed E-state index contributed by atoms with van der Waals surface area (Å²) in [6, 6.07) is 8.61. The second kappa shape index (κ2) is 6.30. The van der Waals surface area contributed by atoms with Crippen LogP contribution in [0.3, 0.4) is 0 Å². The van der Waals surface area contributed by atoms with Gasteiger partial charge in [-0.3, -0.25) is 4.79 Å². The Morgan fingerprint density at radius 3 is 2.35 bits per heavy atom. The summed E-state index contributed by atoms with van der Waals surface area (Å²) in [5.41, 5.74) is 0.920. The van der Waals surface area contributed by atoms with E-state index in [9.17, 15) is 9.18 Å². The van der Waals surface area contributed by atoms with Crippen LogP contribution in [0.5, 0.6) is 0 Å². The quantitative estimate of drug-likeness (QED) is 0.706. The molecule has 0 amide bonds. The molecule has 0 aliphatic heterocycles. The fourth-order valence-electron chi connectivity index (χ4n) is 1.37. The van der Waals surface area contributed by atoms with Crippen LogP contribution in [-0.2, 0) is 0 Å². The minimum atomic E-state index is -0.464. The molecule has 0 saturated heterocycles. The van der Waals surface area contributed by atoms with Crippen LogP contribution in [0.25, 0.3) is 10.4 Å². The number of aldehydes is 1. The number of aryl methyl sites for hydroxylation is 1. The zero-order valence-electron chi connectivity index (χ0n) is 10.2. The first kappa shape index (κ1) is 13.6. The van der Waals surface area contributed by atoms with E-state index in [4.69, 9.17) is 0 Å². The van der Waals surface area contributed by atoms with Crippen molar-refractivity contribution in [1.29, 1.82) is 0 Å². The van der Waals surface area contributed by atoms with Crippen molar-refractivity contribution in [2.45, 2.75) is 20.8 Å². The zero-order valence-corrected chi connectivity index (χ0v) is 11.0. The summed E-state index contributed by atoms with van der Waals surface area (Å²) in [5, 5.41) is 0. The van der Waals surface area contributed by atoms with Gasteiger partial charge in [0.05, 0.1) is 5.56 Å². The normalized spacial score (nSPS) is 9.41. The molecule has 2 rings (SSSR count). The van der Waals surface area contributed by atoms with Gasteiger partial charge in [0.15, 0.2) is 6.29 Å². The maximum absolute atomic E-state index is 13.3. The third-order valence-electron chi connectivity index (χ3n) is 2.15. The molecule has 2 aromatic rings.